The van der Waals surface area contributed by atoms with E-state index in [1.54, 1.807) is 24.3 Å². The highest BCUT2D eigenvalue weighted by Gasteiger charge is 2.20. The number of amides is 1. The van der Waals surface area contributed by atoms with Gasteiger partial charge in [0.2, 0.25) is 10.0 Å². The summed E-state index contributed by atoms with van der Waals surface area (Å²) in [4.78, 5) is 12.1. The molecule has 1 amide bonds. The number of hydrogen-bond acceptors (Lipinski definition) is 5. The third-order valence-corrected chi connectivity index (χ3v) is 4.80. The van der Waals surface area contributed by atoms with Crippen LogP contribution in [0.5, 0.6) is 5.75 Å². The Morgan fingerprint density at radius 1 is 1.15 bits per heavy atom. The molecule has 0 spiro atoms. The SMILES string of the molecule is CCOc1ccccc1/C=N\NC(=O)CN(Cc1ccccc1)S(C)(=O)=O. The molecule has 8 heteroatoms. The summed E-state index contributed by atoms with van der Waals surface area (Å²) in [5, 5.41) is 3.90. The summed E-state index contributed by atoms with van der Waals surface area (Å²) in [6.07, 6.45) is 2.54. The molecule has 0 aromatic heterocycles. The predicted octanol–water partition coefficient (Wildman–Crippen LogP) is 2.00. The van der Waals surface area contributed by atoms with Gasteiger partial charge in [-0.05, 0) is 24.6 Å². The topological polar surface area (TPSA) is 88.1 Å². The zero-order valence-corrected chi connectivity index (χ0v) is 16.1. The average Bonchev–Trinajstić information content (AvgIpc) is 2.63. The van der Waals surface area contributed by atoms with Crippen LogP contribution in [0.15, 0.2) is 59.7 Å². The van der Waals surface area contributed by atoms with E-state index in [1.165, 1.54) is 6.21 Å². The summed E-state index contributed by atoms with van der Waals surface area (Å²) >= 11 is 0. The number of nitrogens with one attached hydrogen (secondary N) is 1. The Hall–Kier alpha value is -2.71. The largest absolute Gasteiger partial charge is 0.493 e. The van der Waals surface area contributed by atoms with Gasteiger partial charge in [-0.15, -0.1) is 0 Å². The molecule has 27 heavy (non-hydrogen) atoms. The molecule has 0 fully saturated rings. The molecule has 0 atom stereocenters. The van der Waals surface area contributed by atoms with Gasteiger partial charge >= 0.3 is 0 Å². The third kappa shape index (κ3) is 6.84. The van der Waals surface area contributed by atoms with Gasteiger partial charge in [-0.1, -0.05) is 42.5 Å². The second-order valence-corrected chi connectivity index (χ2v) is 7.76. The van der Waals surface area contributed by atoms with Crippen molar-refractivity contribution in [3.05, 3.63) is 65.7 Å². The fourth-order valence-corrected chi connectivity index (χ4v) is 3.06. The van der Waals surface area contributed by atoms with Crippen molar-refractivity contribution in [2.24, 2.45) is 5.10 Å². The number of nitrogens with zero attached hydrogens (tertiary/aromatic N) is 2. The number of benzene rings is 2. The minimum Gasteiger partial charge on any atom is -0.493 e. The number of hydrazone groups is 1. The number of rotatable bonds is 9. The summed E-state index contributed by atoms with van der Waals surface area (Å²) in [6, 6.07) is 16.4. The van der Waals surface area contributed by atoms with Crippen LogP contribution in [0.4, 0.5) is 0 Å². The van der Waals surface area contributed by atoms with Gasteiger partial charge in [0.05, 0.1) is 25.6 Å². The summed E-state index contributed by atoms with van der Waals surface area (Å²) in [5.74, 6) is 0.126. The van der Waals surface area contributed by atoms with Gasteiger partial charge in [0.1, 0.15) is 5.75 Å². The van der Waals surface area contributed by atoms with Crippen molar-refractivity contribution in [1.29, 1.82) is 0 Å². The van der Waals surface area contributed by atoms with Crippen LogP contribution < -0.4 is 10.2 Å². The van der Waals surface area contributed by atoms with Crippen molar-refractivity contribution in [1.82, 2.24) is 9.73 Å². The molecule has 1 N–H and O–H groups in total. The van der Waals surface area contributed by atoms with E-state index >= 15 is 0 Å². The Kier molecular flexibility index (Phi) is 7.51. The van der Waals surface area contributed by atoms with Crippen LogP contribution in [0.3, 0.4) is 0 Å². The van der Waals surface area contributed by atoms with E-state index in [1.807, 2.05) is 37.3 Å². The maximum atomic E-state index is 12.1. The van der Waals surface area contributed by atoms with Gasteiger partial charge in [0.15, 0.2) is 0 Å². The quantitative estimate of drug-likeness (QED) is 0.525. The van der Waals surface area contributed by atoms with Crippen LogP contribution in [-0.4, -0.2) is 44.3 Å². The molecule has 7 nitrogen and oxygen atoms in total. The minimum absolute atomic E-state index is 0.115. The van der Waals surface area contributed by atoms with Gasteiger partial charge in [0.25, 0.3) is 5.91 Å². The smallest absolute Gasteiger partial charge is 0.255 e. The molecule has 2 aromatic rings. The molecular weight excluding hydrogens is 366 g/mol. The second-order valence-electron chi connectivity index (χ2n) is 5.78. The van der Waals surface area contributed by atoms with E-state index in [0.29, 0.717) is 17.9 Å². The molecule has 0 saturated carbocycles. The van der Waals surface area contributed by atoms with Crippen LogP contribution in [0.2, 0.25) is 0 Å². The maximum Gasteiger partial charge on any atom is 0.255 e. The number of ether oxygens (including phenoxy) is 1. The van der Waals surface area contributed by atoms with Crippen LogP contribution in [-0.2, 0) is 21.4 Å². The Morgan fingerprint density at radius 3 is 2.48 bits per heavy atom. The van der Waals surface area contributed by atoms with Gasteiger partial charge in [-0.25, -0.2) is 13.8 Å². The molecule has 0 radical (unpaired) electrons. The number of carbonyl (C=O) groups excluding carboxylic acids is 1. The first-order valence-electron chi connectivity index (χ1n) is 8.43. The highest BCUT2D eigenvalue weighted by atomic mass is 32.2. The average molecular weight is 389 g/mol. The Bertz CT molecular complexity index is 883. The van der Waals surface area contributed by atoms with E-state index in [-0.39, 0.29) is 13.1 Å². The van der Waals surface area contributed by atoms with Crippen LogP contribution in [0, 0.1) is 0 Å². The van der Waals surface area contributed by atoms with Crippen molar-refractivity contribution in [3.63, 3.8) is 0 Å². The molecule has 144 valence electrons. The van der Waals surface area contributed by atoms with Crippen molar-refractivity contribution in [3.8, 4) is 5.75 Å². The lowest BCUT2D eigenvalue weighted by Crippen LogP contribution is -2.38. The van der Waals surface area contributed by atoms with Crippen molar-refractivity contribution < 1.29 is 17.9 Å². The number of sulfonamides is 1. The summed E-state index contributed by atoms with van der Waals surface area (Å²) in [6.45, 7) is 2.18. The van der Waals surface area contributed by atoms with Crippen LogP contribution in [0.25, 0.3) is 0 Å². The van der Waals surface area contributed by atoms with Crippen molar-refractivity contribution in [2.45, 2.75) is 13.5 Å². The fraction of sp³-hybridized carbons (Fsp3) is 0.263. The molecule has 0 aliphatic rings. The lowest BCUT2D eigenvalue weighted by molar-refractivity contribution is -0.121. The van der Waals surface area contributed by atoms with E-state index in [9.17, 15) is 13.2 Å². The van der Waals surface area contributed by atoms with E-state index in [2.05, 4.69) is 10.5 Å². The molecule has 0 saturated heterocycles. The summed E-state index contributed by atoms with van der Waals surface area (Å²) < 4.78 is 30.5. The molecule has 2 rings (SSSR count). The third-order valence-electron chi connectivity index (χ3n) is 3.60. The maximum absolute atomic E-state index is 12.1. The Balaban J connectivity index is 2.00. The van der Waals surface area contributed by atoms with Crippen LogP contribution in [0.1, 0.15) is 18.1 Å². The normalized spacial score (nSPS) is 11.7. The molecule has 2 aromatic carbocycles. The Labute approximate surface area is 159 Å². The van der Waals surface area contributed by atoms with E-state index < -0.39 is 15.9 Å². The molecule has 0 unspecified atom stereocenters. The van der Waals surface area contributed by atoms with Gasteiger partial charge in [-0.3, -0.25) is 4.79 Å². The first kappa shape index (κ1) is 20.6. The van der Waals surface area contributed by atoms with E-state index in [4.69, 9.17) is 4.74 Å². The predicted molar refractivity (Wildman–Crippen MR) is 105 cm³/mol. The highest BCUT2D eigenvalue weighted by molar-refractivity contribution is 7.88. The zero-order chi connectivity index (χ0) is 19.7. The molecule has 0 aliphatic carbocycles. The second kappa shape index (κ2) is 9.84. The minimum atomic E-state index is -3.55. The van der Waals surface area contributed by atoms with Gasteiger partial charge < -0.3 is 4.74 Å². The number of para-hydroxylation sites is 1. The molecule has 0 aliphatic heterocycles. The van der Waals surface area contributed by atoms with Gasteiger partial charge in [0, 0.05) is 12.1 Å². The van der Waals surface area contributed by atoms with Crippen LogP contribution >= 0.6 is 0 Å². The van der Waals surface area contributed by atoms with Crippen molar-refractivity contribution in [2.75, 3.05) is 19.4 Å². The number of carbonyl (C=O) groups is 1. The molecule has 0 heterocycles. The molecule has 0 bridgehead atoms. The first-order chi connectivity index (χ1) is 12.9. The fourth-order valence-electron chi connectivity index (χ4n) is 2.32. The lowest BCUT2D eigenvalue weighted by atomic mass is 10.2. The first-order valence-corrected chi connectivity index (χ1v) is 10.3. The van der Waals surface area contributed by atoms with Gasteiger partial charge in [-0.2, -0.15) is 9.41 Å². The van der Waals surface area contributed by atoms with E-state index in [0.717, 1.165) is 16.1 Å². The van der Waals surface area contributed by atoms with Crippen molar-refractivity contribution >= 4 is 22.1 Å². The highest BCUT2D eigenvalue weighted by Crippen LogP contribution is 2.15. The Morgan fingerprint density at radius 2 is 1.81 bits per heavy atom. The number of hydrogen-bond donors (Lipinski definition) is 1. The molecular formula is C19H23N3O4S. The summed E-state index contributed by atoms with van der Waals surface area (Å²) in [5.41, 5.74) is 3.87. The standard InChI is InChI=1S/C19H23N3O4S/c1-3-26-18-12-8-7-11-17(18)13-20-21-19(23)15-22(27(2,24)25)14-16-9-5-4-6-10-16/h4-13H,3,14-15H2,1-2H3,(H,21,23)/b20-13-. The zero-order valence-electron chi connectivity index (χ0n) is 15.3. The lowest BCUT2D eigenvalue weighted by Gasteiger charge is -2.18. The summed E-state index contributed by atoms with van der Waals surface area (Å²) in [7, 11) is -3.55. The monoisotopic (exact) mass is 389 g/mol.